The first kappa shape index (κ1) is 14.6. The van der Waals surface area contributed by atoms with Crippen LogP contribution in [0.5, 0.6) is 5.75 Å². The van der Waals surface area contributed by atoms with Gasteiger partial charge < -0.3 is 9.84 Å². The lowest BCUT2D eigenvalue weighted by atomic mass is 9.51. The number of aliphatic hydroxyl groups is 1. The molecule has 1 unspecified atom stereocenters. The molecule has 2 aliphatic rings. The van der Waals surface area contributed by atoms with Crippen LogP contribution < -0.4 is 4.74 Å². The summed E-state index contributed by atoms with van der Waals surface area (Å²) in [4.78, 5) is 0. The zero-order valence-corrected chi connectivity index (χ0v) is 13.7. The Balaban J connectivity index is 2.17. The molecule has 0 aromatic heterocycles. The first-order valence-electron chi connectivity index (χ1n) is 7.86. The van der Waals surface area contributed by atoms with Gasteiger partial charge in [-0.1, -0.05) is 32.9 Å². The number of hydrogen-bond acceptors (Lipinski definition) is 2. The quantitative estimate of drug-likeness (QED) is 0.842. The summed E-state index contributed by atoms with van der Waals surface area (Å²) in [7, 11) is 1.74. The summed E-state index contributed by atoms with van der Waals surface area (Å²) in [6.45, 7) is 8.83. The van der Waals surface area contributed by atoms with Gasteiger partial charge >= 0.3 is 0 Å². The molecule has 1 saturated carbocycles. The SMILES string of the molecule is COc1cc2c(cc1C)C=CC1C(C)(C)[C@H](O)CC[C@@]21C. The van der Waals surface area contributed by atoms with Crippen molar-refractivity contribution >= 4 is 6.08 Å². The number of rotatable bonds is 1. The van der Waals surface area contributed by atoms with E-state index in [-0.39, 0.29) is 16.9 Å². The summed E-state index contributed by atoms with van der Waals surface area (Å²) in [5.41, 5.74) is 3.84. The first-order valence-corrected chi connectivity index (χ1v) is 7.86. The van der Waals surface area contributed by atoms with Crippen LogP contribution in [0.15, 0.2) is 18.2 Å². The van der Waals surface area contributed by atoms with Crippen molar-refractivity contribution in [1.29, 1.82) is 0 Å². The molecule has 2 heteroatoms. The Morgan fingerprint density at radius 2 is 1.95 bits per heavy atom. The fourth-order valence-electron chi connectivity index (χ4n) is 4.52. The third kappa shape index (κ3) is 1.96. The molecule has 0 bridgehead atoms. The molecule has 3 rings (SSSR count). The van der Waals surface area contributed by atoms with E-state index >= 15 is 0 Å². The van der Waals surface area contributed by atoms with Crippen LogP contribution in [0.1, 0.15) is 50.3 Å². The molecule has 1 fully saturated rings. The van der Waals surface area contributed by atoms with E-state index in [1.54, 1.807) is 7.11 Å². The standard InChI is InChI=1S/C19H26O2/c1-12-10-13-6-7-16-18(2,3)17(20)8-9-19(16,4)14(13)11-15(12)21-5/h6-7,10-11,16-17,20H,8-9H2,1-5H3/t16?,17-,19+/m1/s1. The van der Waals surface area contributed by atoms with E-state index in [2.05, 4.69) is 52.0 Å². The van der Waals surface area contributed by atoms with Gasteiger partial charge in [0, 0.05) is 5.41 Å². The van der Waals surface area contributed by atoms with Gasteiger partial charge in [0.15, 0.2) is 0 Å². The molecule has 2 aliphatic carbocycles. The van der Waals surface area contributed by atoms with Crippen LogP contribution in [0.3, 0.4) is 0 Å². The smallest absolute Gasteiger partial charge is 0.122 e. The van der Waals surface area contributed by atoms with Gasteiger partial charge in [0.2, 0.25) is 0 Å². The van der Waals surface area contributed by atoms with Crippen molar-refractivity contribution in [3.63, 3.8) is 0 Å². The number of fused-ring (bicyclic) bond motifs is 3. The lowest BCUT2D eigenvalue weighted by Crippen LogP contribution is -2.52. The van der Waals surface area contributed by atoms with Gasteiger partial charge in [-0.25, -0.2) is 0 Å². The van der Waals surface area contributed by atoms with Crippen LogP contribution in [0.4, 0.5) is 0 Å². The molecule has 21 heavy (non-hydrogen) atoms. The van der Waals surface area contributed by atoms with Gasteiger partial charge in [0.25, 0.3) is 0 Å². The minimum Gasteiger partial charge on any atom is -0.496 e. The van der Waals surface area contributed by atoms with E-state index in [0.29, 0.717) is 5.92 Å². The Kier molecular flexibility index (Phi) is 3.21. The lowest BCUT2D eigenvalue weighted by molar-refractivity contribution is -0.0482. The van der Waals surface area contributed by atoms with Crippen molar-refractivity contribution in [2.45, 2.75) is 52.1 Å². The maximum absolute atomic E-state index is 10.4. The number of aryl methyl sites for hydroxylation is 1. The van der Waals surface area contributed by atoms with Gasteiger partial charge in [0.05, 0.1) is 13.2 Å². The second-order valence-corrected chi connectivity index (χ2v) is 7.54. The van der Waals surface area contributed by atoms with Gasteiger partial charge in [-0.3, -0.25) is 0 Å². The van der Waals surface area contributed by atoms with Crippen molar-refractivity contribution in [2.24, 2.45) is 11.3 Å². The van der Waals surface area contributed by atoms with Crippen molar-refractivity contribution in [1.82, 2.24) is 0 Å². The third-order valence-corrected chi connectivity index (χ3v) is 5.93. The van der Waals surface area contributed by atoms with E-state index in [1.165, 1.54) is 16.7 Å². The molecule has 0 spiro atoms. The molecule has 0 radical (unpaired) electrons. The predicted octanol–water partition coefficient (Wildman–Crippen LogP) is 4.09. The van der Waals surface area contributed by atoms with E-state index in [1.807, 2.05) is 0 Å². The normalized spacial score (nSPS) is 33.2. The minimum absolute atomic E-state index is 0.0772. The zero-order valence-electron chi connectivity index (χ0n) is 13.7. The Morgan fingerprint density at radius 1 is 1.24 bits per heavy atom. The summed E-state index contributed by atoms with van der Waals surface area (Å²) < 4.78 is 5.54. The topological polar surface area (TPSA) is 29.5 Å². The summed E-state index contributed by atoms with van der Waals surface area (Å²) in [6, 6.07) is 4.44. The summed E-state index contributed by atoms with van der Waals surface area (Å²) in [6.07, 6.45) is 6.20. The Morgan fingerprint density at radius 3 is 2.62 bits per heavy atom. The molecule has 1 aromatic carbocycles. The largest absolute Gasteiger partial charge is 0.496 e. The number of aliphatic hydroxyl groups excluding tert-OH is 1. The van der Waals surface area contributed by atoms with Gasteiger partial charge in [-0.05, 0) is 59.9 Å². The summed E-state index contributed by atoms with van der Waals surface area (Å²) in [5.74, 6) is 1.32. The van der Waals surface area contributed by atoms with Gasteiger partial charge in [0.1, 0.15) is 5.75 Å². The highest BCUT2D eigenvalue weighted by Crippen LogP contribution is 2.56. The molecule has 1 N–H and O–H groups in total. The van der Waals surface area contributed by atoms with E-state index in [9.17, 15) is 5.11 Å². The van der Waals surface area contributed by atoms with Crippen LogP contribution in [0.25, 0.3) is 6.08 Å². The molecular weight excluding hydrogens is 260 g/mol. The number of allylic oxidation sites excluding steroid dienone is 1. The summed E-state index contributed by atoms with van der Waals surface area (Å²) in [5, 5.41) is 10.4. The number of benzene rings is 1. The Hall–Kier alpha value is -1.28. The Labute approximate surface area is 127 Å². The van der Waals surface area contributed by atoms with Crippen molar-refractivity contribution in [3.8, 4) is 5.75 Å². The van der Waals surface area contributed by atoms with Crippen molar-refractivity contribution in [2.75, 3.05) is 7.11 Å². The molecule has 0 aliphatic heterocycles. The molecule has 0 heterocycles. The minimum atomic E-state index is -0.228. The van der Waals surface area contributed by atoms with Crippen molar-refractivity contribution in [3.05, 3.63) is 34.9 Å². The van der Waals surface area contributed by atoms with Crippen LogP contribution in [-0.4, -0.2) is 18.3 Å². The fraction of sp³-hybridized carbons (Fsp3) is 0.579. The molecule has 3 atom stereocenters. The molecule has 2 nitrogen and oxygen atoms in total. The number of ether oxygens (including phenoxy) is 1. The first-order chi connectivity index (χ1) is 9.80. The fourth-order valence-corrected chi connectivity index (χ4v) is 4.52. The second kappa shape index (κ2) is 4.61. The highest BCUT2D eigenvalue weighted by molar-refractivity contribution is 5.64. The maximum Gasteiger partial charge on any atom is 0.122 e. The second-order valence-electron chi connectivity index (χ2n) is 7.54. The molecule has 1 aromatic rings. The molecule has 0 amide bonds. The van der Waals surface area contributed by atoms with Gasteiger partial charge in [-0.15, -0.1) is 0 Å². The van der Waals surface area contributed by atoms with Gasteiger partial charge in [-0.2, -0.15) is 0 Å². The van der Waals surface area contributed by atoms with E-state index in [4.69, 9.17) is 4.74 Å². The predicted molar refractivity (Wildman–Crippen MR) is 86.6 cm³/mol. The highest BCUT2D eigenvalue weighted by atomic mass is 16.5. The average molecular weight is 286 g/mol. The molecule has 0 saturated heterocycles. The lowest BCUT2D eigenvalue weighted by Gasteiger charge is -2.54. The number of methoxy groups -OCH3 is 1. The van der Waals surface area contributed by atoms with E-state index < -0.39 is 0 Å². The Bertz CT molecular complexity index is 600. The third-order valence-electron chi connectivity index (χ3n) is 5.93. The molecular formula is C19H26O2. The summed E-state index contributed by atoms with van der Waals surface area (Å²) >= 11 is 0. The van der Waals surface area contributed by atoms with E-state index in [0.717, 1.165) is 18.6 Å². The average Bonchev–Trinajstić information content (AvgIpc) is 2.43. The van der Waals surface area contributed by atoms with Crippen LogP contribution in [0.2, 0.25) is 0 Å². The van der Waals surface area contributed by atoms with Crippen LogP contribution in [-0.2, 0) is 5.41 Å². The van der Waals surface area contributed by atoms with Crippen LogP contribution >= 0.6 is 0 Å². The highest BCUT2D eigenvalue weighted by Gasteiger charge is 2.52. The zero-order chi connectivity index (χ0) is 15.4. The number of hydrogen-bond donors (Lipinski definition) is 1. The van der Waals surface area contributed by atoms with Crippen LogP contribution in [0, 0.1) is 18.3 Å². The monoisotopic (exact) mass is 286 g/mol. The molecule has 114 valence electrons. The van der Waals surface area contributed by atoms with Crippen molar-refractivity contribution < 1.29 is 9.84 Å². The maximum atomic E-state index is 10.4.